The largest absolute Gasteiger partial charge is 0.346 e. The van der Waals surface area contributed by atoms with Gasteiger partial charge in [0.05, 0.1) is 6.54 Å². The average Bonchev–Trinajstić information content (AvgIpc) is 2.90. The maximum absolute atomic E-state index is 11.7. The van der Waals surface area contributed by atoms with E-state index in [1.807, 2.05) is 41.6 Å². The van der Waals surface area contributed by atoms with Crippen molar-refractivity contribution in [1.29, 1.82) is 0 Å². The van der Waals surface area contributed by atoms with Crippen molar-refractivity contribution in [2.24, 2.45) is 7.05 Å². The number of aryl methyl sites for hydroxylation is 1. The quantitative estimate of drug-likeness (QED) is 0.736. The van der Waals surface area contributed by atoms with Crippen LogP contribution in [0.5, 0.6) is 0 Å². The molecule has 2 aromatic rings. The first-order valence-corrected chi connectivity index (χ1v) is 5.72. The molecule has 0 aromatic carbocycles. The van der Waals surface area contributed by atoms with Crippen LogP contribution in [-0.2, 0) is 13.6 Å². The number of carbonyl (C=O) groups is 1. The van der Waals surface area contributed by atoms with Crippen LogP contribution in [0, 0.1) is 0 Å². The zero-order valence-electron chi connectivity index (χ0n) is 10.1. The molecule has 0 saturated carbocycles. The number of hydrogen-bond acceptors (Lipinski definition) is 3. The van der Waals surface area contributed by atoms with E-state index in [-0.39, 0.29) is 5.78 Å². The van der Waals surface area contributed by atoms with E-state index in [4.69, 9.17) is 0 Å². The summed E-state index contributed by atoms with van der Waals surface area (Å²) in [7, 11) is 1.90. The van der Waals surface area contributed by atoms with E-state index in [1.54, 1.807) is 6.33 Å². The lowest BCUT2D eigenvalue weighted by atomic mass is 10.1. The smallest absolute Gasteiger partial charge is 0.164 e. The van der Waals surface area contributed by atoms with Gasteiger partial charge in [0.15, 0.2) is 11.6 Å². The zero-order valence-corrected chi connectivity index (χ0v) is 10.1. The van der Waals surface area contributed by atoms with Crippen LogP contribution < -0.4 is 0 Å². The van der Waals surface area contributed by atoms with Crippen molar-refractivity contribution in [2.75, 3.05) is 0 Å². The van der Waals surface area contributed by atoms with Crippen LogP contribution in [0.3, 0.4) is 0 Å². The van der Waals surface area contributed by atoms with Crippen LogP contribution in [0.4, 0.5) is 0 Å². The number of nitrogens with zero attached hydrogens (tertiary/aromatic N) is 4. The molecule has 5 nitrogen and oxygen atoms in total. The lowest BCUT2D eigenvalue weighted by Gasteiger charge is -2.01. The first kappa shape index (κ1) is 11.6. The molecule has 0 aliphatic carbocycles. The van der Waals surface area contributed by atoms with Crippen molar-refractivity contribution in [1.82, 2.24) is 19.3 Å². The highest BCUT2D eigenvalue weighted by Crippen LogP contribution is 2.08. The van der Waals surface area contributed by atoms with Gasteiger partial charge in [-0.2, -0.15) is 0 Å². The maximum atomic E-state index is 11.7. The third-order valence-corrected chi connectivity index (χ3v) is 2.68. The molecule has 0 saturated heterocycles. The predicted molar refractivity (Wildman–Crippen MR) is 63.8 cm³/mol. The second kappa shape index (κ2) is 4.95. The number of Topliss-reactive ketones (excluding diaryl/α,β-unsaturated/α-hetero) is 1. The molecule has 0 bridgehead atoms. The SMILES string of the molecule is CCCC(=O)c1ccn(Cc2nncn2C)c1. The predicted octanol–water partition coefficient (Wildman–Crippen LogP) is 1.65. The lowest BCUT2D eigenvalue weighted by molar-refractivity contribution is 0.0981. The summed E-state index contributed by atoms with van der Waals surface area (Å²) in [5.74, 6) is 1.07. The fourth-order valence-corrected chi connectivity index (χ4v) is 1.69. The molecule has 0 atom stereocenters. The summed E-state index contributed by atoms with van der Waals surface area (Å²) >= 11 is 0. The van der Waals surface area contributed by atoms with Gasteiger partial charge in [-0.15, -0.1) is 10.2 Å². The first-order chi connectivity index (χ1) is 8.20. The third kappa shape index (κ3) is 2.61. The second-order valence-electron chi connectivity index (χ2n) is 4.10. The van der Waals surface area contributed by atoms with Crippen molar-refractivity contribution in [2.45, 2.75) is 26.3 Å². The van der Waals surface area contributed by atoms with Crippen molar-refractivity contribution in [3.8, 4) is 0 Å². The molecule has 0 fully saturated rings. The van der Waals surface area contributed by atoms with Crippen LogP contribution in [-0.4, -0.2) is 25.1 Å². The Morgan fingerprint density at radius 1 is 1.47 bits per heavy atom. The maximum Gasteiger partial charge on any atom is 0.164 e. The van der Waals surface area contributed by atoms with Gasteiger partial charge in [0.1, 0.15) is 6.33 Å². The molecular weight excluding hydrogens is 216 g/mol. The third-order valence-electron chi connectivity index (χ3n) is 2.68. The number of aromatic nitrogens is 4. The highest BCUT2D eigenvalue weighted by molar-refractivity contribution is 5.95. The molecule has 2 heterocycles. The number of hydrogen-bond donors (Lipinski definition) is 0. The Balaban J connectivity index is 2.09. The molecule has 0 unspecified atom stereocenters. The summed E-state index contributed by atoms with van der Waals surface area (Å²) in [6.07, 6.45) is 6.92. The highest BCUT2D eigenvalue weighted by atomic mass is 16.1. The standard InChI is InChI=1S/C12H16N4O/c1-3-4-11(17)10-5-6-16(7-10)8-12-14-13-9-15(12)2/h5-7,9H,3-4,8H2,1-2H3. The van der Waals surface area contributed by atoms with Gasteiger partial charge in [0.2, 0.25) is 0 Å². The van der Waals surface area contributed by atoms with Crippen molar-refractivity contribution in [3.63, 3.8) is 0 Å². The molecule has 0 aliphatic heterocycles. The van der Waals surface area contributed by atoms with Gasteiger partial charge in [-0.25, -0.2) is 0 Å². The van der Waals surface area contributed by atoms with Gasteiger partial charge >= 0.3 is 0 Å². The van der Waals surface area contributed by atoms with E-state index >= 15 is 0 Å². The molecule has 0 N–H and O–H groups in total. The second-order valence-corrected chi connectivity index (χ2v) is 4.10. The summed E-state index contributed by atoms with van der Waals surface area (Å²) in [4.78, 5) is 11.7. The fraction of sp³-hybridized carbons (Fsp3) is 0.417. The summed E-state index contributed by atoms with van der Waals surface area (Å²) in [6, 6.07) is 1.86. The van der Waals surface area contributed by atoms with E-state index in [1.165, 1.54) is 0 Å². The van der Waals surface area contributed by atoms with Gasteiger partial charge in [-0.1, -0.05) is 6.92 Å². The minimum absolute atomic E-state index is 0.198. The Bertz CT molecular complexity index is 512. The number of ketones is 1. The number of rotatable bonds is 5. The molecular formula is C12H16N4O. The van der Waals surface area contributed by atoms with Gasteiger partial charge in [-0.05, 0) is 12.5 Å². The monoisotopic (exact) mass is 232 g/mol. The molecule has 0 amide bonds. The van der Waals surface area contributed by atoms with Crippen LogP contribution in [0.2, 0.25) is 0 Å². The molecule has 5 heteroatoms. The molecule has 2 aromatic heterocycles. The van der Waals surface area contributed by atoms with Gasteiger partial charge in [0, 0.05) is 31.4 Å². The topological polar surface area (TPSA) is 52.7 Å². The first-order valence-electron chi connectivity index (χ1n) is 5.72. The molecule has 0 aliphatic rings. The van der Waals surface area contributed by atoms with Gasteiger partial charge in [0.25, 0.3) is 0 Å². The summed E-state index contributed by atoms with van der Waals surface area (Å²) in [5.41, 5.74) is 0.772. The van der Waals surface area contributed by atoms with E-state index < -0.39 is 0 Å². The number of carbonyl (C=O) groups excluding carboxylic acids is 1. The Morgan fingerprint density at radius 3 is 2.94 bits per heavy atom. The Labute approximate surface area is 100 Å². The molecule has 0 spiro atoms. The van der Waals surface area contributed by atoms with Crippen molar-refractivity contribution in [3.05, 3.63) is 36.2 Å². The van der Waals surface area contributed by atoms with Crippen LogP contribution in [0.1, 0.15) is 35.9 Å². The molecule has 2 rings (SSSR count). The fourth-order valence-electron chi connectivity index (χ4n) is 1.69. The van der Waals surface area contributed by atoms with E-state index in [0.717, 1.165) is 17.8 Å². The zero-order chi connectivity index (χ0) is 12.3. The van der Waals surface area contributed by atoms with Crippen LogP contribution >= 0.6 is 0 Å². The minimum Gasteiger partial charge on any atom is -0.346 e. The Morgan fingerprint density at radius 2 is 2.29 bits per heavy atom. The van der Waals surface area contributed by atoms with E-state index in [0.29, 0.717) is 13.0 Å². The summed E-state index contributed by atoms with van der Waals surface area (Å²) < 4.78 is 3.82. The van der Waals surface area contributed by atoms with Crippen molar-refractivity contribution < 1.29 is 4.79 Å². The summed E-state index contributed by atoms with van der Waals surface area (Å²) in [5, 5.41) is 7.83. The van der Waals surface area contributed by atoms with E-state index in [9.17, 15) is 4.79 Å². The molecule has 17 heavy (non-hydrogen) atoms. The molecule has 90 valence electrons. The Kier molecular flexibility index (Phi) is 3.37. The normalized spacial score (nSPS) is 10.7. The van der Waals surface area contributed by atoms with Crippen LogP contribution in [0.25, 0.3) is 0 Å². The van der Waals surface area contributed by atoms with Crippen LogP contribution in [0.15, 0.2) is 24.8 Å². The average molecular weight is 232 g/mol. The Hall–Kier alpha value is -1.91. The minimum atomic E-state index is 0.198. The van der Waals surface area contributed by atoms with Crippen molar-refractivity contribution >= 4 is 5.78 Å². The molecule has 0 radical (unpaired) electrons. The lowest BCUT2D eigenvalue weighted by Crippen LogP contribution is -2.04. The highest BCUT2D eigenvalue weighted by Gasteiger charge is 2.07. The van der Waals surface area contributed by atoms with Gasteiger partial charge < -0.3 is 9.13 Å². The summed E-state index contributed by atoms with van der Waals surface area (Å²) in [6.45, 7) is 2.64. The van der Waals surface area contributed by atoms with Gasteiger partial charge in [-0.3, -0.25) is 4.79 Å². The van der Waals surface area contributed by atoms with E-state index in [2.05, 4.69) is 10.2 Å².